The molecule has 0 bridgehead atoms. The zero-order valence-electron chi connectivity index (χ0n) is 11.0. The third kappa shape index (κ3) is 4.03. The maximum atomic E-state index is 11.9. The number of aryl methyl sites for hydroxylation is 1. The van der Waals surface area contributed by atoms with Crippen LogP contribution in [-0.4, -0.2) is 28.6 Å². The highest BCUT2D eigenvalue weighted by Gasteiger charge is 2.17. The molecule has 1 atom stereocenters. The Morgan fingerprint density at radius 1 is 1.53 bits per heavy atom. The van der Waals surface area contributed by atoms with E-state index < -0.39 is 4.92 Å². The molecule has 0 saturated heterocycles. The molecule has 0 fully saturated rings. The van der Waals surface area contributed by atoms with Gasteiger partial charge in [-0.25, -0.2) is 0 Å². The smallest absolute Gasteiger partial charge is 0.273 e. The summed E-state index contributed by atoms with van der Waals surface area (Å²) in [5.74, 6) is -0.369. The average Bonchev–Trinajstić information content (AvgIpc) is 2.37. The van der Waals surface area contributed by atoms with Gasteiger partial charge >= 0.3 is 0 Å². The molecule has 104 valence electrons. The zero-order valence-corrected chi connectivity index (χ0v) is 11.0. The lowest BCUT2D eigenvalue weighted by Gasteiger charge is -2.12. The average molecular weight is 266 g/mol. The van der Waals surface area contributed by atoms with Gasteiger partial charge in [0, 0.05) is 29.8 Å². The van der Waals surface area contributed by atoms with Crippen molar-refractivity contribution in [2.45, 2.75) is 32.7 Å². The van der Waals surface area contributed by atoms with Gasteiger partial charge in [0.1, 0.15) is 0 Å². The fourth-order valence-corrected chi connectivity index (χ4v) is 1.75. The van der Waals surface area contributed by atoms with Gasteiger partial charge in [-0.3, -0.25) is 14.9 Å². The Morgan fingerprint density at radius 2 is 2.21 bits per heavy atom. The Labute approximate surface area is 111 Å². The van der Waals surface area contributed by atoms with Gasteiger partial charge in [-0.2, -0.15) is 0 Å². The number of aliphatic hydroxyl groups excluding tert-OH is 1. The fourth-order valence-electron chi connectivity index (χ4n) is 1.75. The second kappa shape index (κ2) is 6.84. The quantitative estimate of drug-likeness (QED) is 0.605. The van der Waals surface area contributed by atoms with Crippen LogP contribution in [0.3, 0.4) is 0 Å². The van der Waals surface area contributed by atoms with Crippen LogP contribution in [0.4, 0.5) is 5.69 Å². The second-order valence-electron chi connectivity index (χ2n) is 4.34. The molecule has 0 radical (unpaired) electrons. The monoisotopic (exact) mass is 266 g/mol. The number of amides is 1. The van der Waals surface area contributed by atoms with Gasteiger partial charge in [0.05, 0.1) is 4.92 Å². The van der Waals surface area contributed by atoms with Crippen LogP contribution in [0.25, 0.3) is 0 Å². The third-order valence-electron chi connectivity index (χ3n) is 2.86. The number of hydrogen-bond donors (Lipinski definition) is 2. The molecule has 2 N–H and O–H groups in total. The van der Waals surface area contributed by atoms with Crippen molar-refractivity contribution < 1.29 is 14.8 Å². The lowest BCUT2D eigenvalue weighted by atomic mass is 10.1. The number of benzene rings is 1. The molecule has 1 aromatic rings. The Bertz CT molecular complexity index is 474. The molecule has 1 amide bonds. The van der Waals surface area contributed by atoms with E-state index in [1.54, 1.807) is 19.1 Å². The van der Waals surface area contributed by atoms with Crippen LogP contribution in [0.2, 0.25) is 0 Å². The van der Waals surface area contributed by atoms with E-state index in [1.165, 1.54) is 6.07 Å². The van der Waals surface area contributed by atoms with Gasteiger partial charge in [-0.15, -0.1) is 0 Å². The van der Waals surface area contributed by atoms with Crippen molar-refractivity contribution in [2.24, 2.45) is 0 Å². The number of carbonyl (C=O) groups is 1. The summed E-state index contributed by atoms with van der Waals surface area (Å²) in [5.41, 5.74) is 0.823. The number of nitrogens with zero attached hydrogens (tertiary/aromatic N) is 1. The first kappa shape index (κ1) is 15.1. The third-order valence-corrected chi connectivity index (χ3v) is 2.86. The number of nitro benzene ring substituents is 1. The largest absolute Gasteiger partial charge is 0.396 e. The first-order chi connectivity index (χ1) is 8.99. The van der Waals surface area contributed by atoms with Crippen LogP contribution in [0.1, 0.15) is 36.2 Å². The van der Waals surface area contributed by atoms with E-state index in [4.69, 9.17) is 5.11 Å². The summed E-state index contributed by atoms with van der Waals surface area (Å²) in [4.78, 5) is 22.3. The first-order valence-electron chi connectivity index (χ1n) is 6.18. The number of aliphatic hydroxyl groups is 1. The molecule has 19 heavy (non-hydrogen) atoms. The van der Waals surface area contributed by atoms with Crippen LogP contribution < -0.4 is 5.32 Å². The van der Waals surface area contributed by atoms with Crippen molar-refractivity contribution in [3.05, 3.63) is 39.4 Å². The standard InChI is InChI=1S/C13H18N2O4/c1-3-10-4-5-11(8-12(10)15(18)19)13(17)14-9(2)6-7-16/h4-5,8-9,16H,3,6-7H2,1-2H3,(H,14,17). The number of rotatable bonds is 6. The topological polar surface area (TPSA) is 92.5 Å². The van der Waals surface area contributed by atoms with Crippen LogP contribution in [0.15, 0.2) is 18.2 Å². The van der Waals surface area contributed by atoms with E-state index in [-0.39, 0.29) is 29.8 Å². The highest BCUT2D eigenvalue weighted by atomic mass is 16.6. The normalized spacial score (nSPS) is 11.9. The van der Waals surface area contributed by atoms with Crippen LogP contribution in [0.5, 0.6) is 0 Å². The Kier molecular flexibility index (Phi) is 5.44. The summed E-state index contributed by atoms with van der Waals surface area (Å²) in [6, 6.07) is 4.29. The zero-order chi connectivity index (χ0) is 14.4. The molecule has 0 aliphatic carbocycles. The minimum atomic E-state index is -0.479. The van der Waals surface area contributed by atoms with E-state index in [2.05, 4.69) is 5.32 Å². The summed E-state index contributed by atoms with van der Waals surface area (Å²) in [6.07, 6.45) is 0.986. The summed E-state index contributed by atoms with van der Waals surface area (Å²) in [6.45, 7) is 3.57. The highest BCUT2D eigenvalue weighted by molar-refractivity contribution is 5.95. The van der Waals surface area contributed by atoms with E-state index in [0.717, 1.165) is 0 Å². The summed E-state index contributed by atoms with van der Waals surface area (Å²) < 4.78 is 0. The van der Waals surface area contributed by atoms with Crippen molar-refractivity contribution in [3.63, 3.8) is 0 Å². The van der Waals surface area contributed by atoms with Crippen LogP contribution in [-0.2, 0) is 6.42 Å². The Hall–Kier alpha value is -1.95. The molecule has 1 rings (SSSR count). The molecule has 1 unspecified atom stereocenters. The van der Waals surface area contributed by atoms with Crippen molar-refractivity contribution >= 4 is 11.6 Å². The minimum absolute atomic E-state index is 0.0175. The Balaban J connectivity index is 2.92. The number of hydrogen-bond acceptors (Lipinski definition) is 4. The van der Waals surface area contributed by atoms with Crippen molar-refractivity contribution in [2.75, 3.05) is 6.61 Å². The molecule has 0 saturated carbocycles. The predicted octanol–water partition coefficient (Wildman–Crippen LogP) is 1.66. The first-order valence-corrected chi connectivity index (χ1v) is 6.18. The summed E-state index contributed by atoms with van der Waals surface area (Å²) >= 11 is 0. The van der Waals surface area contributed by atoms with Crippen molar-refractivity contribution in [3.8, 4) is 0 Å². The van der Waals surface area contributed by atoms with Crippen molar-refractivity contribution in [1.82, 2.24) is 5.32 Å². The minimum Gasteiger partial charge on any atom is -0.396 e. The van der Waals surface area contributed by atoms with Crippen LogP contribution >= 0.6 is 0 Å². The molecule has 6 nitrogen and oxygen atoms in total. The lowest BCUT2D eigenvalue weighted by molar-refractivity contribution is -0.385. The van der Waals surface area contributed by atoms with Gasteiger partial charge in [-0.1, -0.05) is 13.0 Å². The molecule has 0 aliphatic heterocycles. The van der Waals surface area contributed by atoms with Crippen LogP contribution in [0, 0.1) is 10.1 Å². The Morgan fingerprint density at radius 3 is 2.74 bits per heavy atom. The number of nitrogens with one attached hydrogen (secondary N) is 1. The molecular weight excluding hydrogens is 248 g/mol. The highest BCUT2D eigenvalue weighted by Crippen LogP contribution is 2.20. The summed E-state index contributed by atoms with van der Waals surface area (Å²) in [5, 5.41) is 22.4. The van der Waals surface area contributed by atoms with E-state index >= 15 is 0 Å². The van der Waals surface area contributed by atoms with Gasteiger partial charge in [0.2, 0.25) is 0 Å². The van der Waals surface area contributed by atoms with Crippen molar-refractivity contribution in [1.29, 1.82) is 0 Å². The predicted molar refractivity (Wildman–Crippen MR) is 71.1 cm³/mol. The molecule has 0 aliphatic rings. The van der Waals surface area contributed by atoms with E-state index in [0.29, 0.717) is 18.4 Å². The second-order valence-corrected chi connectivity index (χ2v) is 4.34. The molecular formula is C13H18N2O4. The maximum Gasteiger partial charge on any atom is 0.273 e. The number of nitro groups is 1. The molecule has 1 aromatic carbocycles. The van der Waals surface area contributed by atoms with Gasteiger partial charge in [0.15, 0.2) is 0 Å². The lowest BCUT2D eigenvalue weighted by Crippen LogP contribution is -2.33. The molecule has 0 aromatic heterocycles. The van der Waals surface area contributed by atoms with E-state index in [1.807, 2.05) is 6.92 Å². The maximum absolute atomic E-state index is 11.9. The fraction of sp³-hybridized carbons (Fsp3) is 0.462. The molecule has 6 heteroatoms. The summed E-state index contributed by atoms with van der Waals surface area (Å²) in [7, 11) is 0. The SMILES string of the molecule is CCc1ccc(C(=O)NC(C)CCO)cc1[N+](=O)[O-]. The van der Waals surface area contributed by atoms with Gasteiger partial charge in [0.25, 0.3) is 11.6 Å². The van der Waals surface area contributed by atoms with Gasteiger partial charge in [-0.05, 0) is 25.8 Å². The number of carbonyl (C=O) groups excluding carboxylic acids is 1. The molecule has 0 spiro atoms. The van der Waals surface area contributed by atoms with Gasteiger partial charge < -0.3 is 10.4 Å². The van der Waals surface area contributed by atoms with E-state index in [9.17, 15) is 14.9 Å². The molecule has 0 heterocycles.